The van der Waals surface area contributed by atoms with Crippen molar-refractivity contribution in [2.24, 2.45) is 0 Å². The number of nitrogens with zero attached hydrogens (tertiary/aromatic N) is 2. The maximum absolute atomic E-state index is 11.6. The van der Waals surface area contributed by atoms with Gasteiger partial charge < -0.3 is 5.32 Å². The lowest BCUT2D eigenvalue weighted by Gasteiger charge is -2.17. The molecule has 7 heteroatoms. The third-order valence-corrected chi connectivity index (χ3v) is 3.76. The molecule has 0 aliphatic rings. The predicted molar refractivity (Wildman–Crippen MR) is 68.3 cm³/mol. The van der Waals surface area contributed by atoms with Crippen molar-refractivity contribution in [2.45, 2.75) is 13.0 Å². The van der Waals surface area contributed by atoms with E-state index in [2.05, 4.69) is 10.3 Å². The molecule has 0 aliphatic carbocycles. The Kier molecular flexibility index (Phi) is 4.80. The molecule has 1 aromatic heterocycles. The van der Waals surface area contributed by atoms with E-state index in [4.69, 9.17) is 0 Å². The molecule has 1 atom stereocenters. The number of nitrogens with one attached hydrogen (secondary N) is 1. The van der Waals surface area contributed by atoms with E-state index >= 15 is 0 Å². The van der Waals surface area contributed by atoms with Gasteiger partial charge in [-0.05, 0) is 18.6 Å². The molecule has 100 valence electrons. The molecule has 0 aromatic carbocycles. The van der Waals surface area contributed by atoms with Gasteiger partial charge in [-0.25, -0.2) is 8.42 Å². The average Bonchev–Trinajstić information content (AvgIpc) is 2.28. The standard InChI is InChI=1S/C11H17N3O3S/c1-9(10-5-4-6-12-7-10)13-11(15)8-14(2)18(3,16)17/h4-7,9H,8H2,1-3H3,(H,13,15)/t9-/m0/s1. The van der Waals surface area contributed by atoms with Crippen LogP contribution in [0.3, 0.4) is 0 Å². The third kappa shape index (κ3) is 4.42. The Labute approximate surface area is 107 Å². The van der Waals surface area contributed by atoms with E-state index in [-0.39, 0.29) is 18.5 Å². The lowest BCUT2D eigenvalue weighted by molar-refractivity contribution is -0.121. The number of likely N-dealkylation sites (N-methyl/N-ethyl adjacent to an activating group) is 1. The summed E-state index contributed by atoms with van der Waals surface area (Å²) in [5, 5.41) is 2.71. The first-order valence-electron chi connectivity index (χ1n) is 5.41. The molecule has 0 bridgehead atoms. The zero-order chi connectivity index (χ0) is 13.8. The van der Waals surface area contributed by atoms with Crippen molar-refractivity contribution in [1.29, 1.82) is 0 Å². The smallest absolute Gasteiger partial charge is 0.235 e. The maximum atomic E-state index is 11.6. The minimum absolute atomic E-state index is 0.191. The second-order valence-electron chi connectivity index (χ2n) is 4.09. The van der Waals surface area contributed by atoms with Crippen LogP contribution < -0.4 is 5.32 Å². The Balaban J connectivity index is 2.56. The molecule has 0 radical (unpaired) electrons. The zero-order valence-corrected chi connectivity index (χ0v) is 11.4. The lowest BCUT2D eigenvalue weighted by atomic mass is 10.1. The highest BCUT2D eigenvalue weighted by Crippen LogP contribution is 2.09. The van der Waals surface area contributed by atoms with Gasteiger partial charge in [-0.15, -0.1) is 0 Å². The van der Waals surface area contributed by atoms with Crippen LogP contribution in [0.1, 0.15) is 18.5 Å². The molecule has 0 aliphatic heterocycles. The molecule has 1 N–H and O–H groups in total. The fraction of sp³-hybridized carbons (Fsp3) is 0.455. The van der Waals surface area contributed by atoms with Crippen LogP contribution in [0.5, 0.6) is 0 Å². The van der Waals surface area contributed by atoms with Crippen LogP contribution in [0.4, 0.5) is 0 Å². The van der Waals surface area contributed by atoms with Crippen molar-refractivity contribution in [3.05, 3.63) is 30.1 Å². The summed E-state index contributed by atoms with van der Waals surface area (Å²) in [6.45, 7) is 1.62. The fourth-order valence-corrected chi connectivity index (χ4v) is 1.67. The Hall–Kier alpha value is -1.47. The van der Waals surface area contributed by atoms with Crippen molar-refractivity contribution in [2.75, 3.05) is 19.8 Å². The van der Waals surface area contributed by atoms with Gasteiger partial charge in [0.2, 0.25) is 15.9 Å². The van der Waals surface area contributed by atoms with Crippen LogP contribution in [0.15, 0.2) is 24.5 Å². The van der Waals surface area contributed by atoms with Gasteiger partial charge in [0.05, 0.1) is 18.8 Å². The van der Waals surface area contributed by atoms with E-state index in [9.17, 15) is 13.2 Å². The van der Waals surface area contributed by atoms with Gasteiger partial charge in [-0.1, -0.05) is 6.07 Å². The molecular formula is C11H17N3O3S. The largest absolute Gasteiger partial charge is 0.348 e. The number of aromatic nitrogens is 1. The van der Waals surface area contributed by atoms with Crippen LogP contribution in [0.25, 0.3) is 0 Å². The molecule has 18 heavy (non-hydrogen) atoms. The third-order valence-electron chi connectivity index (χ3n) is 2.49. The van der Waals surface area contributed by atoms with Crippen LogP contribution in [0.2, 0.25) is 0 Å². The van der Waals surface area contributed by atoms with Crippen LogP contribution in [0, 0.1) is 0 Å². The molecule has 0 spiro atoms. The number of hydrogen-bond donors (Lipinski definition) is 1. The summed E-state index contributed by atoms with van der Waals surface area (Å²) in [5.74, 6) is -0.348. The topological polar surface area (TPSA) is 79.4 Å². The lowest BCUT2D eigenvalue weighted by Crippen LogP contribution is -2.38. The molecule has 1 heterocycles. The molecule has 0 unspecified atom stereocenters. The van der Waals surface area contributed by atoms with Gasteiger partial charge in [-0.2, -0.15) is 4.31 Å². The van der Waals surface area contributed by atoms with Crippen molar-refractivity contribution < 1.29 is 13.2 Å². The van der Waals surface area contributed by atoms with Gasteiger partial charge >= 0.3 is 0 Å². The Bertz CT molecular complexity index is 502. The Morgan fingerprint density at radius 3 is 2.72 bits per heavy atom. The molecule has 0 fully saturated rings. The summed E-state index contributed by atoms with van der Waals surface area (Å²) in [6.07, 6.45) is 4.37. The first kappa shape index (κ1) is 14.6. The van der Waals surface area contributed by atoms with E-state index < -0.39 is 10.0 Å². The van der Waals surface area contributed by atoms with Gasteiger partial charge in [0.25, 0.3) is 0 Å². The monoisotopic (exact) mass is 271 g/mol. The zero-order valence-electron chi connectivity index (χ0n) is 10.6. The van der Waals surface area contributed by atoms with Gasteiger partial charge in [-0.3, -0.25) is 9.78 Å². The van der Waals surface area contributed by atoms with E-state index in [0.29, 0.717) is 0 Å². The summed E-state index contributed by atoms with van der Waals surface area (Å²) in [6, 6.07) is 3.41. The normalized spacial score (nSPS) is 13.3. The highest BCUT2D eigenvalue weighted by molar-refractivity contribution is 7.88. The number of pyridine rings is 1. The van der Waals surface area contributed by atoms with Gasteiger partial charge in [0.1, 0.15) is 0 Å². The number of carbonyl (C=O) groups excluding carboxylic acids is 1. The van der Waals surface area contributed by atoms with E-state index in [0.717, 1.165) is 16.1 Å². The Morgan fingerprint density at radius 1 is 1.56 bits per heavy atom. The molecule has 1 rings (SSSR count). The molecule has 0 saturated carbocycles. The number of amides is 1. The predicted octanol–water partition coefficient (Wildman–Crippen LogP) is 0.150. The van der Waals surface area contributed by atoms with Crippen LogP contribution in [-0.2, 0) is 14.8 Å². The minimum Gasteiger partial charge on any atom is -0.348 e. The van der Waals surface area contributed by atoms with Crippen molar-refractivity contribution >= 4 is 15.9 Å². The molecule has 6 nitrogen and oxygen atoms in total. The quantitative estimate of drug-likeness (QED) is 0.826. The molecular weight excluding hydrogens is 254 g/mol. The number of rotatable bonds is 5. The summed E-state index contributed by atoms with van der Waals surface area (Å²) in [4.78, 5) is 15.6. The highest BCUT2D eigenvalue weighted by atomic mass is 32.2. The summed E-state index contributed by atoms with van der Waals surface area (Å²) >= 11 is 0. The van der Waals surface area contributed by atoms with E-state index in [1.165, 1.54) is 7.05 Å². The second kappa shape index (κ2) is 5.92. The SMILES string of the molecule is C[C@H](NC(=O)CN(C)S(C)(=O)=O)c1cccnc1. The molecule has 1 aromatic rings. The first-order valence-corrected chi connectivity index (χ1v) is 7.26. The summed E-state index contributed by atoms with van der Waals surface area (Å²) in [7, 11) is -1.97. The Morgan fingerprint density at radius 2 is 2.22 bits per heavy atom. The van der Waals surface area contributed by atoms with Crippen molar-refractivity contribution in [3.8, 4) is 0 Å². The fourth-order valence-electron chi connectivity index (χ4n) is 1.32. The van der Waals surface area contributed by atoms with E-state index in [1.807, 2.05) is 13.0 Å². The van der Waals surface area contributed by atoms with Crippen molar-refractivity contribution in [3.63, 3.8) is 0 Å². The summed E-state index contributed by atoms with van der Waals surface area (Å²) in [5.41, 5.74) is 0.868. The number of hydrogen-bond acceptors (Lipinski definition) is 4. The van der Waals surface area contributed by atoms with Crippen LogP contribution in [-0.4, -0.2) is 43.5 Å². The first-order chi connectivity index (χ1) is 8.30. The minimum atomic E-state index is -3.34. The number of carbonyl (C=O) groups is 1. The number of sulfonamides is 1. The molecule has 1 amide bonds. The van der Waals surface area contributed by atoms with Crippen molar-refractivity contribution in [1.82, 2.24) is 14.6 Å². The van der Waals surface area contributed by atoms with Crippen LogP contribution >= 0.6 is 0 Å². The second-order valence-corrected chi connectivity index (χ2v) is 6.18. The average molecular weight is 271 g/mol. The van der Waals surface area contributed by atoms with Gasteiger partial charge in [0.15, 0.2) is 0 Å². The summed E-state index contributed by atoms with van der Waals surface area (Å²) < 4.78 is 23.3. The van der Waals surface area contributed by atoms with E-state index in [1.54, 1.807) is 18.5 Å². The van der Waals surface area contributed by atoms with Gasteiger partial charge in [0, 0.05) is 19.4 Å². The maximum Gasteiger partial charge on any atom is 0.235 e. The molecule has 0 saturated heterocycles. The highest BCUT2D eigenvalue weighted by Gasteiger charge is 2.16.